The number of carbonyl (C=O) groups excluding carboxylic acids is 3. The Morgan fingerprint density at radius 1 is 1.11 bits per heavy atom. The number of nitrogens with zero attached hydrogens (tertiary/aromatic N) is 2. The second-order valence-corrected chi connectivity index (χ2v) is 7.05. The van der Waals surface area contributed by atoms with Crippen molar-refractivity contribution in [1.82, 2.24) is 0 Å². The molecule has 0 aliphatic carbocycles. The molecule has 1 aliphatic rings. The number of carbonyl (C=O) groups is 3. The highest BCUT2D eigenvalue weighted by atomic mass is 16.5. The SMILES string of the molecule is Cc1ccc(N2CC(C(=O)OC(C)C(=O)N(C)c3ccccc3)CC2=O)cc1. The molecule has 2 amide bonds. The molecule has 1 heterocycles. The third kappa shape index (κ3) is 4.22. The second-order valence-electron chi connectivity index (χ2n) is 7.05. The first kappa shape index (κ1) is 19.6. The summed E-state index contributed by atoms with van der Waals surface area (Å²) in [5.41, 5.74) is 2.58. The van der Waals surface area contributed by atoms with Crippen LogP contribution in [0.3, 0.4) is 0 Å². The Kier molecular flexibility index (Phi) is 5.78. The summed E-state index contributed by atoms with van der Waals surface area (Å²) in [6, 6.07) is 16.7. The van der Waals surface area contributed by atoms with Crippen molar-refractivity contribution in [3.63, 3.8) is 0 Å². The molecule has 2 aromatic carbocycles. The van der Waals surface area contributed by atoms with Gasteiger partial charge in [-0.25, -0.2) is 0 Å². The van der Waals surface area contributed by atoms with Crippen molar-refractivity contribution in [2.75, 3.05) is 23.4 Å². The molecular weight excluding hydrogens is 356 g/mol. The number of esters is 1. The van der Waals surface area contributed by atoms with Crippen molar-refractivity contribution in [1.29, 1.82) is 0 Å². The van der Waals surface area contributed by atoms with Gasteiger partial charge in [0.25, 0.3) is 5.91 Å². The Morgan fingerprint density at radius 2 is 1.75 bits per heavy atom. The minimum atomic E-state index is -0.929. The van der Waals surface area contributed by atoms with Crippen LogP contribution in [0.15, 0.2) is 54.6 Å². The zero-order valence-electron chi connectivity index (χ0n) is 16.3. The lowest BCUT2D eigenvalue weighted by Gasteiger charge is -2.22. The largest absolute Gasteiger partial charge is 0.452 e. The summed E-state index contributed by atoms with van der Waals surface area (Å²) in [5, 5.41) is 0. The van der Waals surface area contributed by atoms with E-state index < -0.39 is 18.0 Å². The van der Waals surface area contributed by atoms with Crippen LogP contribution in [-0.4, -0.2) is 37.5 Å². The minimum Gasteiger partial charge on any atom is -0.452 e. The number of ether oxygens (including phenoxy) is 1. The van der Waals surface area contributed by atoms with Crippen LogP contribution in [0.4, 0.5) is 11.4 Å². The van der Waals surface area contributed by atoms with Crippen molar-refractivity contribution in [2.24, 2.45) is 5.92 Å². The Labute approximate surface area is 164 Å². The van der Waals surface area contributed by atoms with Crippen molar-refractivity contribution in [3.05, 3.63) is 60.2 Å². The minimum absolute atomic E-state index is 0.0855. The van der Waals surface area contributed by atoms with Gasteiger partial charge in [0.2, 0.25) is 5.91 Å². The first-order chi connectivity index (χ1) is 13.4. The normalized spacial score (nSPS) is 17.3. The quantitative estimate of drug-likeness (QED) is 0.748. The molecule has 0 bridgehead atoms. The van der Waals surface area contributed by atoms with E-state index in [-0.39, 0.29) is 24.8 Å². The van der Waals surface area contributed by atoms with Crippen LogP contribution in [0.5, 0.6) is 0 Å². The summed E-state index contributed by atoms with van der Waals surface area (Å²) in [4.78, 5) is 40.4. The Bertz CT molecular complexity index is 864. The molecule has 2 aromatic rings. The standard InChI is InChI=1S/C22H24N2O4/c1-15-9-11-19(12-10-15)24-14-17(13-20(24)25)22(27)28-16(2)21(26)23(3)18-7-5-4-6-8-18/h4-12,16-17H,13-14H2,1-3H3. The number of para-hydroxylation sites is 1. The van der Waals surface area contributed by atoms with Gasteiger partial charge in [-0.3, -0.25) is 14.4 Å². The zero-order valence-corrected chi connectivity index (χ0v) is 16.3. The molecule has 0 spiro atoms. The van der Waals surface area contributed by atoms with Crippen molar-refractivity contribution < 1.29 is 19.1 Å². The number of aryl methyl sites for hydroxylation is 1. The van der Waals surface area contributed by atoms with E-state index in [1.165, 1.54) is 4.90 Å². The number of hydrogen-bond acceptors (Lipinski definition) is 4. The topological polar surface area (TPSA) is 66.9 Å². The van der Waals surface area contributed by atoms with Crippen LogP contribution >= 0.6 is 0 Å². The van der Waals surface area contributed by atoms with Gasteiger partial charge in [-0.15, -0.1) is 0 Å². The van der Waals surface area contributed by atoms with Gasteiger partial charge in [-0.1, -0.05) is 35.9 Å². The maximum atomic E-state index is 12.5. The van der Waals surface area contributed by atoms with Crippen LogP contribution < -0.4 is 9.80 Å². The molecule has 1 saturated heterocycles. The number of rotatable bonds is 5. The van der Waals surface area contributed by atoms with Gasteiger partial charge in [-0.05, 0) is 38.1 Å². The van der Waals surface area contributed by atoms with Crippen LogP contribution in [0.25, 0.3) is 0 Å². The van der Waals surface area contributed by atoms with E-state index >= 15 is 0 Å². The molecule has 1 fully saturated rings. The number of anilines is 2. The Morgan fingerprint density at radius 3 is 2.39 bits per heavy atom. The summed E-state index contributed by atoms with van der Waals surface area (Å²) in [5.74, 6) is -1.54. The summed E-state index contributed by atoms with van der Waals surface area (Å²) >= 11 is 0. The predicted molar refractivity (Wildman–Crippen MR) is 107 cm³/mol. The lowest BCUT2D eigenvalue weighted by atomic mass is 10.1. The van der Waals surface area contributed by atoms with E-state index in [0.717, 1.165) is 16.9 Å². The van der Waals surface area contributed by atoms with E-state index in [1.54, 1.807) is 18.9 Å². The number of hydrogen-bond donors (Lipinski definition) is 0. The highest BCUT2D eigenvalue weighted by Gasteiger charge is 2.37. The molecule has 0 saturated carbocycles. The summed E-state index contributed by atoms with van der Waals surface area (Å²) < 4.78 is 5.38. The smallest absolute Gasteiger partial charge is 0.312 e. The number of amides is 2. The molecule has 3 rings (SSSR count). The molecule has 146 valence electrons. The molecular formula is C22H24N2O4. The van der Waals surface area contributed by atoms with E-state index in [9.17, 15) is 14.4 Å². The fourth-order valence-corrected chi connectivity index (χ4v) is 3.21. The maximum Gasteiger partial charge on any atom is 0.312 e. The van der Waals surface area contributed by atoms with Gasteiger partial charge >= 0.3 is 5.97 Å². The lowest BCUT2D eigenvalue weighted by Crippen LogP contribution is -2.38. The van der Waals surface area contributed by atoms with E-state index in [4.69, 9.17) is 4.74 Å². The lowest BCUT2D eigenvalue weighted by molar-refractivity contribution is -0.157. The maximum absolute atomic E-state index is 12.5. The van der Waals surface area contributed by atoms with Gasteiger partial charge in [0.1, 0.15) is 0 Å². The van der Waals surface area contributed by atoms with Crippen LogP contribution in [-0.2, 0) is 19.1 Å². The van der Waals surface area contributed by atoms with Gasteiger partial charge < -0.3 is 14.5 Å². The molecule has 2 atom stereocenters. The van der Waals surface area contributed by atoms with Crippen LogP contribution in [0.1, 0.15) is 18.9 Å². The summed E-state index contributed by atoms with van der Waals surface area (Å²) in [7, 11) is 1.64. The zero-order chi connectivity index (χ0) is 20.3. The predicted octanol–water partition coefficient (Wildman–Crippen LogP) is 2.94. The Hall–Kier alpha value is -3.15. The molecule has 6 heteroatoms. The third-order valence-corrected chi connectivity index (χ3v) is 4.92. The fourth-order valence-electron chi connectivity index (χ4n) is 3.21. The summed E-state index contributed by atoms with van der Waals surface area (Å²) in [6.45, 7) is 3.78. The molecule has 28 heavy (non-hydrogen) atoms. The van der Waals surface area contributed by atoms with Gasteiger partial charge in [-0.2, -0.15) is 0 Å². The van der Waals surface area contributed by atoms with Gasteiger partial charge in [0, 0.05) is 31.4 Å². The average Bonchev–Trinajstić information content (AvgIpc) is 3.10. The second kappa shape index (κ2) is 8.25. The van der Waals surface area contributed by atoms with E-state index in [1.807, 2.05) is 61.5 Å². The molecule has 0 N–H and O–H groups in total. The van der Waals surface area contributed by atoms with E-state index in [0.29, 0.717) is 0 Å². The molecule has 0 radical (unpaired) electrons. The fraction of sp³-hybridized carbons (Fsp3) is 0.318. The average molecular weight is 380 g/mol. The molecule has 6 nitrogen and oxygen atoms in total. The number of benzene rings is 2. The third-order valence-electron chi connectivity index (χ3n) is 4.92. The van der Waals surface area contributed by atoms with Crippen molar-refractivity contribution in [3.8, 4) is 0 Å². The van der Waals surface area contributed by atoms with Crippen LogP contribution in [0.2, 0.25) is 0 Å². The van der Waals surface area contributed by atoms with Crippen LogP contribution in [0, 0.1) is 12.8 Å². The Balaban J connectivity index is 1.60. The highest BCUT2D eigenvalue weighted by molar-refractivity contribution is 6.00. The van der Waals surface area contributed by atoms with E-state index in [2.05, 4.69) is 0 Å². The van der Waals surface area contributed by atoms with Gasteiger partial charge in [0.15, 0.2) is 6.10 Å². The molecule has 1 aliphatic heterocycles. The molecule has 2 unspecified atom stereocenters. The van der Waals surface area contributed by atoms with Crippen molar-refractivity contribution >= 4 is 29.2 Å². The highest BCUT2D eigenvalue weighted by Crippen LogP contribution is 2.26. The first-order valence-electron chi connectivity index (χ1n) is 9.27. The first-order valence-corrected chi connectivity index (χ1v) is 9.27. The monoisotopic (exact) mass is 380 g/mol. The molecule has 0 aromatic heterocycles. The number of likely N-dealkylation sites (N-methyl/N-ethyl adjacent to an activating group) is 1. The summed E-state index contributed by atoms with van der Waals surface area (Å²) in [6.07, 6.45) is -0.844. The van der Waals surface area contributed by atoms with Crippen molar-refractivity contribution in [2.45, 2.75) is 26.4 Å². The van der Waals surface area contributed by atoms with Gasteiger partial charge in [0.05, 0.1) is 5.92 Å².